The van der Waals surface area contributed by atoms with Gasteiger partial charge in [-0.3, -0.25) is 9.59 Å². The van der Waals surface area contributed by atoms with Gasteiger partial charge in [-0.15, -0.1) is 10.1 Å². The molecule has 0 aliphatic rings. The van der Waals surface area contributed by atoms with Gasteiger partial charge in [0, 0.05) is 34.3 Å². The van der Waals surface area contributed by atoms with Gasteiger partial charge in [0.15, 0.2) is 12.5 Å². The van der Waals surface area contributed by atoms with Crippen LogP contribution in [-0.2, 0) is 24.4 Å². The fourth-order valence-corrected chi connectivity index (χ4v) is 4.96. The molecule has 0 saturated carbocycles. The van der Waals surface area contributed by atoms with Gasteiger partial charge in [0.25, 0.3) is 5.09 Å². The molecule has 2 aromatic carbocycles. The number of ether oxygens (including phenoxy) is 1. The number of esters is 1. The summed E-state index contributed by atoms with van der Waals surface area (Å²) < 4.78 is 59.1. The van der Waals surface area contributed by atoms with Crippen molar-refractivity contribution in [3.05, 3.63) is 63.2 Å². The van der Waals surface area contributed by atoms with Gasteiger partial charge in [-0.2, -0.15) is 0 Å². The molecule has 0 saturated heterocycles. The molecule has 2 aromatic rings. The fourth-order valence-electron chi connectivity index (χ4n) is 3.17. The molecule has 202 valence electrons. The number of halogens is 2. The van der Waals surface area contributed by atoms with E-state index < -0.39 is 39.4 Å². The second-order valence-corrected chi connectivity index (χ2v) is 10.8. The second kappa shape index (κ2) is 13.3. The zero-order valence-corrected chi connectivity index (χ0v) is 22.0. The number of anilines is 1. The van der Waals surface area contributed by atoms with Crippen molar-refractivity contribution in [1.29, 1.82) is 0 Å². The van der Waals surface area contributed by atoms with E-state index in [1.54, 1.807) is 13.8 Å². The number of benzene rings is 2. The molecule has 0 spiro atoms. The number of sulfonamides is 1. The van der Waals surface area contributed by atoms with Gasteiger partial charge in [-0.1, -0.05) is 18.7 Å². The highest BCUT2D eigenvalue weighted by Gasteiger charge is 2.25. The molecule has 0 bridgehead atoms. The van der Waals surface area contributed by atoms with Crippen LogP contribution in [0.4, 0.5) is 14.5 Å². The van der Waals surface area contributed by atoms with Crippen LogP contribution >= 0.6 is 11.8 Å². The third kappa shape index (κ3) is 8.97. The maximum Gasteiger partial charge on any atom is 0.307 e. The van der Waals surface area contributed by atoms with E-state index in [9.17, 15) is 36.9 Å². The Hall–Kier alpha value is -3.26. The molecule has 0 heterocycles. The summed E-state index contributed by atoms with van der Waals surface area (Å²) in [6, 6.07) is 5.77. The van der Waals surface area contributed by atoms with Gasteiger partial charge < -0.3 is 9.57 Å². The molecule has 0 atom stereocenters. The van der Waals surface area contributed by atoms with Gasteiger partial charge in [-0.05, 0) is 49.6 Å². The minimum atomic E-state index is -4.03. The number of unbranched alkanes of at least 4 members (excludes halogenated alkanes) is 1. The SMILES string of the molecule is CCC(=O)c1cc(Sc2ccc(F)cc2F)c(N(COC(=O)CCCCO[N+](=O)[O-])S(C)(=O)=O)cc1C. The monoisotopic (exact) mass is 560 g/mol. The third-order valence-corrected chi connectivity index (χ3v) is 7.23. The Morgan fingerprint density at radius 3 is 2.43 bits per heavy atom. The minimum Gasteiger partial charge on any atom is -0.443 e. The molecule has 10 nitrogen and oxygen atoms in total. The largest absolute Gasteiger partial charge is 0.443 e. The van der Waals surface area contributed by atoms with Crippen molar-refractivity contribution >= 4 is 39.2 Å². The van der Waals surface area contributed by atoms with E-state index in [0.717, 1.165) is 28.4 Å². The van der Waals surface area contributed by atoms with Crippen LogP contribution in [0, 0.1) is 28.7 Å². The molecule has 0 fully saturated rings. The first-order valence-electron chi connectivity index (χ1n) is 11.0. The zero-order valence-electron chi connectivity index (χ0n) is 20.4. The van der Waals surface area contributed by atoms with Crippen LogP contribution in [0.2, 0.25) is 0 Å². The summed E-state index contributed by atoms with van der Waals surface area (Å²) in [7, 11) is -4.03. The lowest BCUT2D eigenvalue weighted by Crippen LogP contribution is -2.34. The van der Waals surface area contributed by atoms with Gasteiger partial charge >= 0.3 is 5.97 Å². The molecule has 0 N–H and O–H groups in total. The van der Waals surface area contributed by atoms with Crippen LogP contribution in [0.15, 0.2) is 40.1 Å². The lowest BCUT2D eigenvalue weighted by atomic mass is 10.0. The molecule has 0 radical (unpaired) electrons. The minimum absolute atomic E-state index is 0.0104. The van der Waals surface area contributed by atoms with E-state index in [-0.39, 0.29) is 53.6 Å². The van der Waals surface area contributed by atoms with Gasteiger partial charge in [0.1, 0.15) is 11.6 Å². The first kappa shape index (κ1) is 30.0. The first-order valence-corrected chi connectivity index (χ1v) is 13.7. The number of carbonyl (C=O) groups is 2. The second-order valence-electron chi connectivity index (χ2n) is 7.86. The van der Waals surface area contributed by atoms with E-state index in [0.29, 0.717) is 17.2 Å². The van der Waals surface area contributed by atoms with Crippen LogP contribution < -0.4 is 4.31 Å². The maximum atomic E-state index is 14.4. The van der Waals surface area contributed by atoms with Crippen molar-refractivity contribution in [3.8, 4) is 0 Å². The highest BCUT2D eigenvalue weighted by Crippen LogP contribution is 2.39. The Bertz CT molecular complexity index is 1270. The topological polar surface area (TPSA) is 133 Å². The summed E-state index contributed by atoms with van der Waals surface area (Å²) in [5.74, 6) is -2.63. The van der Waals surface area contributed by atoms with E-state index in [2.05, 4.69) is 4.84 Å². The summed E-state index contributed by atoms with van der Waals surface area (Å²) in [5.41, 5.74) is 0.795. The van der Waals surface area contributed by atoms with Crippen LogP contribution in [0.3, 0.4) is 0 Å². The predicted octanol–water partition coefficient (Wildman–Crippen LogP) is 4.66. The Morgan fingerprint density at radius 2 is 1.84 bits per heavy atom. The average molecular weight is 561 g/mol. The number of Topliss-reactive ketones (excluding diaryl/α,β-unsaturated/α-hetero) is 1. The van der Waals surface area contributed by atoms with Crippen molar-refractivity contribution in [1.82, 2.24) is 0 Å². The molecule has 0 aliphatic carbocycles. The van der Waals surface area contributed by atoms with Crippen LogP contribution in [-0.4, -0.2) is 44.9 Å². The molecule has 2 rings (SSSR count). The molecule has 0 aromatic heterocycles. The standard InChI is InChI=1S/C23H26F2N2O8S2/c1-4-20(28)17-13-22(36-21-9-8-16(24)12-18(21)25)19(11-15(17)2)26(37(3,32)33)14-34-23(29)7-5-6-10-35-27(30)31/h8-9,11-13H,4-7,10,14H2,1-3H3. The molecule has 37 heavy (non-hydrogen) atoms. The van der Waals surface area contributed by atoms with Gasteiger partial charge in [0.05, 0.1) is 18.6 Å². The number of aryl methyl sites for hydroxylation is 1. The van der Waals surface area contributed by atoms with Crippen molar-refractivity contribution in [2.45, 2.75) is 49.3 Å². The van der Waals surface area contributed by atoms with Crippen LogP contribution in [0.25, 0.3) is 0 Å². The summed E-state index contributed by atoms with van der Waals surface area (Å²) in [5, 5.41) is 9.20. The number of rotatable bonds is 14. The van der Waals surface area contributed by atoms with E-state index in [1.165, 1.54) is 18.2 Å². The van der Waals surface area contributed by atoms with Crippen molar-refractivity contribution in [2.24, 2.45) is 0 Å². The Balaban J connectivity index is 2.36. The van der Waals surface area contributed by atoms with E-state index in [1.807, 2.05) is 0 Å². The van der Waals surface area contributed by atoms with Crippen LogP contribution in [0.1, 0.15) is 48.5 Å². The Labute approximate surface area is 217 Å². The number of hydrogen-bond donors (Lipinski definition) is 0. The van der Waals surface area contributed by atoms with Gasteiger partial charge in [0.2, 0.25) is 10.0 Å². The molecular formula is C23H26F2N2O8S2. The van der Waals surface area contributed by atoms with E-state index in [4.69, 9.17) is 4.74 Å². The quantitative estimate of drug-likeness (QED) is 0.0807. The molecule has 0 amide bonds. The highest BCUT2D eigenvalue weighted by molar-refractivity contribution is 7.99. The summed E-state index contributed by atoms with van der Waals surface area (Å²) in [6.07, 6.45) is 1.36. The highest BCUT2D eigenvalue weighted by atomic mass is 32.2. The zero-order chi connectivity index (χ0) is 27.8. The Kier molecular flexibility index (Phi) is 10.8. The van der Waals surface area contributed by atoms with Crippen molar-refractivity contribution in [3.63, 3.8) is 0 Å². The number of carbonyl (C=O) groups excluding carboxylic acids is 2. The van der Waals surface area contributed by atoms with Crippen LogP contribution in [0.5, 0.6) is 0 Å². The van der Waals surface area contributed by atoms with Crippen molar-refractivity contribution in [2.75, 3.05) is 23.9 Å². The molecular weight excluding hydrogens is 534 g/mol. The Morgan fingerprint density at radius 1 is 1.14 bits per heavy atom. The van der Waals surface area contributed by atoms with Gasteiger partial charge in [-0.25, -0.2) is 21.5 Å². The summed E-state index contributed by atoms with van der Waals surface area (Å²) in [4.78, 5) is 39.1. The summed E-state index contributed by atoms with van der Waals surface area (Å²) >= 11 is 0.791. The molecule has 0 unspecified atom stereocenters. The van der Waals surface area contributed by atoms with Crippen molar-refractivity contribution < 1.29 is 41.4 Å². The average Bonchev–Trinajstić information content (AvgIpc) is 2.80. The molecule has 0 aliphatic heterocycles. The first-order chi connectivity index (χ1) is 17.3. The number of ketones is 1. The third-order valence-electron chi connectivity index (χ3n) is 5.03. The fraction of sp³-hybridized carbons (Fsp3) is 0.391. The maximum absolute atomic E-state index is 14.4. The lowest BCUT2D eigenvalue weighted by Gasteiger charge is -2.25. The normalized spacial score (nSPS) is 11.2. The van der Waals surface area contributed by atoms with E-state index >= 15 is 0 Å². The smallest absolute Gasteiger partial charge is 0.307 e. The number of hydrogen-bond acceptors (Lipinski definition) is 9. The number of nitrogens with zero attached hydrogens (tertiary/aromatic N) is 2. The predicted molar refractivity (Wildman–Crippen MR) is 131 cm³/mol. The molecule has 14 heteroatoms. The lowest BCUT2D eigenvalue weighted by molar-refractivity contribution is -0.757. The summed E-state index contributed by atoms with van der Waals surface area (Å²) in [6.45, 7) is 2.37.